The summed E-state index contributed by atoms with van der Waals surface area (Å²) in [6.07, 6.45) is 22.6. The molecular weight excluding hydrogens is 288 g/mol. The van der Waals surface area contributed by atoms with E-state index in [1.54, 1.807) is 6.08 Å². The van der Waals surface area contributed by atoms with Crippen molar-refractivity contribution in [1.29, 1.82) is 0 Å². The van der Waals surface area contributed by atoms with Crippen molar-refractivity contribution in [2.24, 2.45) is 0 Å². The number of rotatable bonds is 14. The molecule has 0 unspecified atom stereocenters. The summed E-state index contributed by atoms with van der Waals surface area (Å²) in [6, 6.07) is 0. The van der Waals surface area contributed by atoms with Crippen LogP contribution in [0.25, 0.3) is 0 Å². The molecule has 0 bridgehead atoms. The van der Waals surface area contributed by atoms with Crippen molar-refractivity contribution in [3.63, 3.8) is 0 Å². The third-order valence-electron chi connectivity index (χ3n) is 3.39. The molecule has 0 saturated heterocycles. The molecule has 0 aromatic carbocycles. The quantitative estimate of drug-likeness (QED) is 0.212. The Balaban J connectivity index is 0. The zero-order valence-corrected chi connectivity index (χ0v) is 13.2. The van der Waals surface area contributed by atoms with Crippen molar-refractivity contribution < 1.29 is 9.90 Å². The first-order chi connectivity index (χ1) is 9.77. The zero-order chi connectivity index (χ0) is 14.9. The Bertz CT molecular complexity index is 272. The summed E-state index contributed by atoms with van der Waals surface area (Å²) in [6.45, 7) is 2.24. The summed E-state index contributed by atoms with van der Waals surface area (Å²) in [5, 5.41) is 8.43. The Hall–Kier alpha value is 0.210. The maximum absolute atomic E-state index is 10.2. The molecule has 0 heterocycles. The van der Waals surface area contributed by atoms with Crippen LogP contribution in [-0.4, -0.2) is 48.8 Å². The molecule has 0 spiro atoms. The average molecular weight is 323 g/mol. The van der Waals surface area contributed by atoms with Crippen molar-refractivity contribution >= 4 is 43.7 Å². The van der Waals surface area contributed by atoms with E-state index in [0.717, 1.165) is 12.8 Å². The monoisotopic (exact) mass is 322 g/mol. The van der Waals surface area contributed by atoms with E-state index in [2.05, 4.69) is 19.1 Å². The van der Waals surface area contributed by atoms with Gasteiger partial charge in [0, 0.05) is 6.08 Å². The fraction of sp³-hybridized carbons (Fsp3) is 0.722. The van der Waals surface area contributed by atoms with Gasteiger partial charge in [0.2, 0.25) is 0 Å². The summed E-state index contributed by atoms with van der Waals surface area (Å²) < 4.78 is 0. The average Bonchev–Trinajstić information content (AvgIpc) is 2.43. The summed E-state index contributed by atoms with van der Waals surface area (Å²) in [5.41, 5.74) is 0. The van der Waals surface area contributed by atoms with Gasteiger partial charge in [-0.15, -0.1) is 0 Å². The first kappa shape index (κ1) is 23.5. The third kappa shape index (κ3) is 22.6. The maximum atomic E-state index is 10.2. The van der Waals surface area contributed by atoms with Crippen LogP contribution in [0.3, 0.4) is 0 Å². The van der Waals surface area contributed by atoms with E-state index >= 15 is 0 Å². The summed E-state index contributed by atoms with van der Waals surface area (Å²) >= 11 is 0. The van der Waals surface area contributed by atoms with Crippen LogP contribution in [0.4, 0.5) is 0 Å². The van der Waals surface area contributed by atoms with Crippen molar-refractivity contribution in [3.05, 3.63) is 24.3 Å². The molecule has 0 aromatic heterocycles. The first-order valence-electron chi connectivity index (χ1n) is 8.31. The minimum absolute atomic E-state index is 0. The Morgan fingerprint density at radius 3 is 1.67 bits per heavy atom. The predicted octanol–water partition coefficient (Wildman–Crippen LogP) is 4.97. The van der Waals surface area contributed by atoms with Gasteiger partial charge in [0.05, 0.1) is 0 Å². The fourth-order valence-electron chi connectivity index (χ4n) is 2.16. The van der Waals surface area contributed by atoms with Gasteiger partial charge >= 0.3 is 43.7 Å². The molecule has 0 saturated carbocycles. The SMILES string of the molecule is CCCCCC=CCCCCCCCCC=CC(=O)O.[CaH2]. The molecule has 0 radical (unpaired) electrons. The van der Waals surface area contributed by atoms with Crippen molar-refractivity contribution in [2.45, 2.75) is 84.0 Å². The summed E-state index contributed by atoms with van der Waals surface area (Å²) in [7, 11) is 0. The van der Waals surface area contributed by atoms with Gasteiger partial charge in [-0.3, -0.25) is 0 Å². The van der Waals surface area contributed by atoms with Gasteiger partial charge < -0.3 is 5.11 Å². The number of hydrogen-bond acceptors (Lipinski definition) is 1. The molecule has 2 nitrogen and oxygen atoms in total. The second kappa shape index (κ2) is 20.2. The second-order valence-corrected chi connectivity index (χ2v) is 5.41. The number of carbonyl (C=O) groups is 1. The molecule has 0 aliphatic heterocycles. The normalized spacial score (nSPS) is 11.1. The van der Waals surface area contributed by atoms with Crippen molar-refractivity contribution in [1.82, 2.24) is 0 Å². The van der Waals surface area contributed by atoms with Crippen molar-refractivity contribution in [2.75, 3.05) is 0 Å². The Kier molecular flexibility index (Phi) is 22.6. The van der Waals surface area contributed by atoms with Crippen molar-refractivity contribution in [3.8, 4) is 0 Å². The number of aliphatic carboxylic acids is 1. The van der Waals surface area contributed by atoms with Crippen LogP contribution >= 0.6 is 0 Å². The number of allylic oxidation sites excluding steroid dienone is 3. The molecule has 0 aromatic rings. The van der Waals surface area contributed by atoms with Gasteiger partial charge in [0.25, 0.3) is 0 Å². The minimum atomic E-state index is -0.840. The molecular formula is C18H34CaO2. The summed E-state index contributed by atoms with van der Waals surface area (Å²) in [4.78, 5) is 10.2. The number of carboxylic acid groups (broad SMARTS) is 1. The number of carboxylic acids is 1. The molecule has 0 aliphatic rings. The van der Waals surface area contributed by atoms with E-state index in [1.807, 2.05) is 0 Å². The van der Waals surface area contributed by atoms with Gasteiger partial charge in [0.15, 0.2) is 0 Å². The van der Waals surface area contributed by atoms with E-state index in [0.29, 0.717) is 0 Å². The molecule has 0 aliphatic carbocycles. The molecule has 0 amide bonds. The Labute approximate surface area is 161 Å². The van der Waals surface area contributed by atoms with E-state index in [9.17, 15) is 4.79 Å². The predicted molar refractivity (Wildman–Crippen MR) is 95.5 cm³/mol. The van der Waals surface area contributed by atoms with Gasteiger partial charge in [-0.05, 0) is 38.5 Å². The second-order valence-electron chi connectivity index (χ2n) is 5.41. The van der Waals surface area contributed by atoms with Gasteiger partial charge in [-0.2, -0.15) is 0 Å². The Morgan fingerprint density at radius 1 is 0.762 bits per heavy atom. The van der Waals surface area contributed by atoms with Crippen LogP contribution in [-0.2, 0) is 4.79 Å². The van der Waals surface area contributed by atoms with E-state index in [4.69, 9.17) is 5.11 Å². The molecule has 0 fully saturated rings. The first-order valence-corrected chi connectivity index (χ1v) is 8.31. The third-order valence-corrected chi connectivity index (χ3v) is 3.39. The Morgan fingerprint density at radius 2 is 1.19 bits per heavy atom. The van der Waals surface area contributed by atoms with Gasteiger partial charge in [-0.25, -0.2) is 4.79 Å². The van der Waals surface area contributed by atoms with Crippen LogP contribution in [0.1, 0.15) is 84.0 Å². The molecule has 3 heteroatoms. The summed E-state index contributed by atoms with van der Waals surface area (Å²) in [5.74, 6) is -0.840. The number of unbranched alkanes of at least 4 members (excludes halogenated alkanes) is 10. The van der Waals surface area contributed by atoms with Crippen LogP contribution in [0.5, 0.6) is 0 Å². The fourth-order valence-corrected chi connectivity index (χ4v) is 2.16. The van der Waals surface area contributed by atoms with Crippen LogP contribution < -0.4 is 0 Å². The zero-order valence-electron chi connectivity index (χ0n) is 13.2. The molecule has 1 N–H and O–H groups in total. The van der Waals surface area contributed by atoms with Crippen LogP contribution in [0.15, 0.2) is 24.3 Å². The molecule has 0 rings (SSSR count). The van der Waals surface area contributed by atoms with Gasteiger partial charge in [-0.1, -0.05) is 63.7 Å². The van der Waals surface area contributed by atoms with E-state index in [-0.39, 0.29) is 37.7 Å². The molecule has 0 atom stereocenters. The number of hydrogen-bond donors (Lipinski definition) is 1. The van der Waals surface area contributed by atoms with E-state index in [1.165, 1.54) is 70.3 Å². The standard InChI is InChI=1S/C18H32O2.Ca.2H/c1-2-3-4-5-6-7-8-9-10-11-12-13-14-15-16-17-18(19)20;;;/h6-7,16-17H,2-5,8-15H2,1H3,(H,19,20);;;. The topological polar surface area (TPSA) is 37.3 Å². The van der Waals surface area contributed by atoms with Crippen LogP contribution in [0.2, 0.25) is 0 Å². The molecule has 21 heavy (non-hydrogen) atoms. The molecule has 120 valence electrons. The van der Waals surface area contributed by atoms with Crippen LogP contribution in [0, 0.1) is 0 Å². The van der Waals surface area contributed by atoms with Gasteiger partial charge in [0.1, 0.15) is 0 Å². The van der Waals surface area contributed by atoms with E-state index < -0.39 is 5.97 Å².